The van der Waals surface area contributed by atoms with E-state index in [-0.39, 0.29) is 5.91 Å². The minimum Gasteiger partial charge on any atom is -0.380 e. The van der Waals surface area contributed by atoms with Crippen LogP contribution in [0.25, 0.3) is 17.0 Å². The third-order valence-corrected chi connectivity index (χ3v) is 3.58. The molecule has 0 radical (unpaired) electrons. The van der Waals surface area contributed by atoms with Crippen molar-refractivity contribution in [1.29, 1.82) is 0 Å². The molecule has 3 aromatic rings. The molecule has 0 aliphatic carbocycles. The Bertz CT molecular complexity index is 882. The molecule has 1 amide bonds. The van der Waals surface area contributed by atoms with Crippen LogP contribution in [-0.2, 0) is 16.1 Å². The lowest BCUT2D eigenvalue weighted by Gasteiger charge is -2.05. The van der Waals surface area contributed by atoms with E-state index in [9.17, 15) is 4.79 Å². The first-order valence-corrected chi connectivity index (χ1v) is 7.67. The molecule has 1 N–H and O–H groups in total. The van der Waals surface area contributed by atoms with E-state index >= 15 is 0 Å². The third-order valence-electron chi connectivity index (χ3n) is 3.58. The number of aromatic nitrogens is 1. The maximum absolute atomic E-state index is 12.1. The molecule has 2 aromatic carbocycles. The number of amides is 1. The van der Waals surface area contributed by atoms with E-state index in [1.807, 2.05) is 54.6 Å². The molecule has 0 aliphatic heterocycles. The number of nitrogens with one attached hydrogen (secondary N) is 1. The molecule has 4 nitrogen and oxygen atoms in total. The molecule has 120 valence electrons. The number of fused-ring (bicyclic) bond motifs is 1. The lowest BCUT2D eigenvalue weighted by Crippen LogP contribution is -2.08. The Balaban J connectivity index is 1.74. The average molecular weight is 318 g/mol. The number of carbonyl (C=O) groups is 1. The van der Waals surface area contributed by atoms with Crippen molar-refractivity contribution in [3.8, 4) is 0 Å². The molecule has 0 atom stereocenters. The Morgan fingerprint density at radius 3 is 2.88 bits per heavy atom. The standard InChI is InChI=1S/C20H18N2O2/c1-24-14-15-5-2-9-18(13-15)22-19(23)11-10-17-7-3-6-16-8-4-12-21-20(16)17/h2-13H,14H2,1H3,(H,22,23)/b11-10+. The van der Waals surface area contributed by atoms with Gasteiger partial charge >= 0.3 is 0 Å². The largest absolute Gasteiger partial charge is 0.380 e. The van der Waals surface area contributed by atoms with E-state index in [1.54, 1.807) is 19.4 Å². The second kappa shape index (κ2) is 7.53. The van der Waals surface area contributed by atoms with E-state index in [4.69, 9.17) is 4.74 Å². The van der Waals surface area contributed by atoms with Crippen molar-refractivity contribution in [3.63, 3.8) is 0 Å². The van der Waals surface area contributed by atoms with Crippen molar-refractivity contribution in [2.24, 2.45) is 0 Å². The molecular weight excluding hydrogens is 300 g/mol. The van der Waals surface area contributed by atoms with Gasteiger partial charge in [0.15, 0.2) is 0 Å². The normalized spacial score (nSPS) is 11.0. The summed E-state index contributed by atoms with van der Waals surface area (Å²) < 4.78 is 5.10. The van der Waals surface area contributed by atoms with Gasteiger partial charge in [-0.2, -0.15) is 0 Å². The maximum Gasteiger partial charge on any atom is 0.248 e. The molecule has 0 spiro atoms. The van der Waals surface area contributed by atoms with Gasteiger partial charge in [0.25, 0.3) is 0 Å². The molecule has 1 aromatic heterocycles. The van der Waals surface area contributed by atoms with Crippen LogP contribution < -0.4 is 5.32 Å². The van der Waals surface area contributed by atoms with Crippen molar-refractivity contribution in [3.05, 3.63) is 78.0 Å². The fraction of sp³-hybridized carbons (Fsp3) is 0.100. The summed E-state index contributed by atoms with van der Waals surface area (Å²) in [6, 6.07) is 17.4. The molecule has 0 aliphatic rings. The second-order valence-electron chi connectivity index (χ2n) is 5.38. The number of pyridine rings is 1. The number of methoxy groups -OCH3 is 1. The summed E-state index contributed by atoms with van der Waals surface area (Å²) in [5, 5.41) is 3.91. The Morgan fingerprint density at radius 2 is 2.00 bits per heavy atom. The molecule has 4 heteroatoms. The highest BCUT2D eigenvalue weighted by Gasteiger charge is 2.02. The van der Waals surface area contributed by atoms with Crippen molar-refractivity contribution >= 4 is 28.6 Å². The van der Waals surface area contributed by atoms with Crippen LogP contribution in [0.2, 0.25) is 0 Å². The van der Waals surface area contributed by atoms with Crippen molar-refractivity contribution in [2.75, 3.05) is 12.4 Å². The van der Waals surface area contributed by atoms with Gasteiger partial charge in [-0.25, -0.2) is 0 Å². The number of hydrogen-bond donors (Lipinski definition) is 1. The van der Waals surface area contributed by atoms with Crippen molar-refractivity contribution in [1.82, 2.24) is 4.98 Å². The first-order valence-electron chi connectivity index (χ1n) is 7.67. The fourth-order valence-electron chi connectivity index (χ4n) is 2.52. The number of ether oxygens (including phenoxy) is 1. The summed E-state index contributed by atoms with van der Waals surface area (Å²) in [5.74, 6) is -0.183. The van der Waals surface area contributed by atoms with Gasteiger partial charge in [0.1, 0.15) is 0 Å². The average Bonchev–Trinajstić information content (AvgIpc) is 2.60. The van der Waals surface area contributed by atoms with E-state index in [2.05, 4.69) is 10.3 Å². The zero-order valence-electron chi connectivity index (χ0n) is 13.4. The Kier molecular flexibility index (Phi) is 4.99. The van der Waals surface area contributed by atoms with Gasteiger partial charge in [-0.15, -0.1) is 0 Å². The van der Waals surface area contributed by atoms with Crippen LogP contribution in [0.1, 0.15) is 11.1 Å². The van der Waals surface area contributed by atoms with Crippen LogP contribution in [0.5, 0.6) is 0 Å². The van der Waals surface area contributed by atoms with E-state index in [1.165, 1.54) is 6.08 Å². The fourth-order valence-corrected chi connectivity index (χ4v) is 2.52. The third kappa shape index (κ3) is 3.86. The molecule has 0 fully saturated rings. The Morgan fingerprint density at radius 1 is 1.17 bits per heavy atom. The molecule has 3 rings (SSSR count). The minimum absolute atomic E-state index is 0.183. The molecule has 0 unspecified atom stereocenters. The number of carbonyl (C=O) groups excluding carboxylic acids is 1. The number of rotatable bonds is 5. The zero-order valence-corrected chi connectivity index (χ0v) is 13.4. The summed E-state index contributed by atoms with van der Waals surface area (Å²) in [6.45, 7) is 0.515. The van der Waals surface area contributed by atoms with Gasteiger partial charge in [0, 0.05) is 36.0 Å². The SMILES string of the molecule is COCc1cccc(NC(=O)/C=C/c2cccc3cccnc23)c1. The first-order chi connectivity index (χ1) is 11.8. The molecule has 0 bridgehead atoms. The summed E-state index contributed by atoms with van der Waals surface area (Å²) in [4.78, 5) is 16.5. The van der Waals surface area contributed by atoms with Crippen LogP contribution in [0.15, 0.2) is 66.9 Å². The molecule has 0 saturated carbocycles. The van der Waals surface area contributed by atoms with Crippen LogP contribution in [0.3, 0.4) is 0 Å². The van der Waals surface area contributed by atoms with Gasteiger partial charge < -0.3 is 10.1 Å². The summed E-state index contributed by atoms with van der Waals surface area (Å²) in [5.41, 5.74) is 3.55. The van der Waals surface area contributed by atoms with Gasteiger partial charge in [-0.1, -0.05) is 36.4 Å². The predicted molar refractivity (Wildman–Crippen MR) is 96.6 cm³/mol. The Hall–Kier alpha value is -2.98. The Labute approximate surface area is 140 Å². The second-order valence-corrected chi connectivity index (χ2v) is 5.38. The highest BCUT2D eigenvalue weighted by molar-refractivity contribution is 6.03. The lowest BCUT2D eigenvalue weighted by molar-refractivity contribution is -0.111. The van der Waals surface area contributed by atoms with E-state index in [0.717, 1.165) is 27.7 Å². The number of hydrogen-bond acceptors (Lipinski definition) is 3. The molecule has 1 heterocycles. The number of anilines is 1. The highest BCUT2D eigenvalue weighted by atomic mass is 16.5. The maximum atomic E-state index is 12.1. The minimum atomic E-state index is -0.183. The number of nitrogens with zero attached hydrogens (tertiary/aromatic N) is 1. The van der Waals surface area contributed by atoms with Gasteiger partial charge in [0.05, 0.1) is 12.1 Å². The van der Waals surface area contributed by atoms with Crippen LogP contribution >= 0.6 is 0 Å². The molecular formula is C20H18N2O2. The van der Waals surface area contributed by atoms with Crippen molar-refractivity contribution in [2.45, 2.75) is 6.61 Å². The number of benzene rings is 2. The lowest BCUT2D eigenvalue weighted by atomic mass is 10.1. The predicted octanol–water partition coefficient (Wildman–Crippen LogP) is 4.03. The highest BCUT2D eigenvalue weighted by Crippen LogP contribution is 2.17. The van der Waals surface area contributed by atoms with Crippen molar-refractivity contribution < 1.29 is 9.53 Å². The first kappa shape index (κ1) is 15.9. The monoisotopic (exact) mass is 318 g/mol. The van der Waals surface area contributed by atoms with E-state index in [0.29, 0.717) is 6.61 Å². The van der Waals surface area contributed by atoms with Crippen LogP contribution in [0, 0.1) is 0 Å². The van der Waals surface area contributed by atoms with Gasteiger partial charge in [-0.05, 0) is 29.8 Å². The van der Waals surface area contributed by atoms with Crippen LogP contribution in [-0.4, -0.2) is 18.0 Å². The topological polar surface area (TPSA) is 51.2 Å². The summed E-state index contributed by atoms with van der Waals surface area (Å²) in [6.07, 6.45) is 5.05. The number of para-hydroxylation sites is 1. The quantitative estimate of drug-likeness (QED) is 0.723. The summed E-state index contributed by atoms with van der Waals surface area (Å²) >= 11 is 0. The van der Waals surface area contributed by atoms with E-state index < -0.39 is 0 Å². The summed E-state index contributed by atoms with van der Waals surface area (Å²) in [7, 11) is 1.65. The van der Waals surface area contributed by atoms with Crippen LogP contribution in [0.4, 0.5) is 5.69 Å². The van der Waals surface area contributed by atoms with Gasteiger partial charge in [0.2, 0.25) is 5.91 Å². The molecule has 0 saturated heterocycles. The molecule has 24 heavy (non-hydrogen) atoms. The zero-order chi connectivity index (χ0) is 16.8. The smallest absolute Gasteiger partial charge is 0.248 e. The van der Waals surface area contributed by atoms with Gasteiger partial charge in [-0.3, -0.25) is 9.78 Å².